The summed E-state index contributed by atoms with van der Waals surface area (Å²) < 4.78 is 18.9. The van der Waals surface area contributed by atoms with Gasteiger partial charge in [-0.2, -0.15) is 0 Å². The molecule has 1 aliphatic heterocycles. The van der Waals surface area contributed by atoms with Crippen LogP contribution in [-0.4, -0.2) is 31.1 Å². The second kappa shape index (κ2) is 6.05. The zero-order valence-corrected chi connectivity index (χ0v) is 12.9. The summed E-state index contributed by atoms with van der Waals surface area (Å²) in [5.74, 6) is 0.832. The molecule has 0 aliphatic carbocycles. The third-order valence-electron chi connectivity index (χ3n) is 4.42. The van der Waals surface area contributed by atoms with E-state index in [9.17, 15) is 4.39 Å². The van der Waals surface area contributed by atoms with E-state index in [1.165, 1.54) is 12.1 Å². The van der Waals surface area contributed by atoms with E-state index in [1.807, 2.05) is 30.3 Å². The number of para-hydroxylation sites is 1. The molecule has 1 aromatic heterocycles. The Bertz CT molecular complexity index is 755. The van der Waals surface area contributed by atoms with Crippen molar-refractivity contribution in [3.8, 4) is 0 Å². The van der Waals surface area contributed by atoms with Crippen LogP contribution in [0.5, 0.6) is 0 Å². The molecule has 1 fully saturated rings. The minimum Gasteiger partial charge on any atom is -0.460 e. The number of rotatable bonds is 3. The zero-order chi connectivity index (χ0) is 15.6. The molecule has 3 aromatic rings. The number of piperazine rings is 1. The first-order valence-electron chi connectivity index (χ1n) is 7.98. The minimum absolute atomic E-state index is 0.183. The van der Waals surface area contributed by atoms with Crippen molar-refractivity contribution in [3.63, 3.8) is 0 Å². The number of anilines is 1. The molecule has 0 amide bonds. The van der Waals surface area contributed by atoms with E-state index in [4.69, 9.17) is 4.42 Å². The number of halogens is 1. The van der Waals surface area contributed by atoms with E-state index < -0.39 is 0 Å². The highest BCUT2D eigenvalue weighted by molar-refractivity contribution is 5.77. The predicted octanol–water partition coefficient (Wildman–Crippen LogP) is 3.89. The average Bonchev–Trinajstić information content (AvgIpc) is 2.98. The number of hydrogen-bond acceptors (Lipinski definition) is 3. The molecule has 0 atom stereocenters. The molecule has 0 radical (unpaired) electrons. The summed E-state index contributed by atoms with van der Waals surface area (Å²) in [6, 6.07) is 17.0. The fourth-order valence-corrected chi connectivity index (χ4v) is 3.15. The first-order chi connectivity index (χ1) is 11.3. The summed E-state index contributed by atoms with van der Waals surface area (Å²) in [5, 5.41) is 1.16. The topological polar surface area (TPSA) is 19.6 Å². The molecule has 0 bridgehead atoms. The number of benzene rings is 2. The molecule has 2 heterocycles. The van der Waals surface area contributed by atoms with Crippen molar-refractivity contribution in [1.29, 1.82) is 0 Å². The lowest BCUT2D eigenvalue weighted by molar-refractivity contribution is 0.233. The molecule has 4 heteroatoms. The van der Waals surface area contributed by atoms with Crippen LogP contribution in [-0.2, 0) is 6.54 Å². The maximum atomic E-state index is 13.0. The van der Waals surface area contributed by atoms with Crippen LogP contribution in [0.25, 0.3) is 11.0 Å². The standard InChI is InChI=1S/C19H19FN2O/c20-16-5-7-17(8-6-16)22-11-9-21(10-12-22)14-18-13-15-3-1-2-4-19(15)23-18/h1-8,13H,9-12,14H2. The minimum atomic E-state index is -0.183. The predicted molar refractivity (Wildman–Crippen MR) is 90.1 cm³/mol. The molecule has 4 rings (SSSR count). The van der Waals surface area contributed by atoms with E-state index in [1.54, 1.807) is 0 Å². The Balaban J connectivity index is 1.38. The zero-order valence-electron chi connectivity index (χ0n) is 12.9. The SMILES string of the molecule is Fc1ccc(N2CCN(Cc3cc4ccccc4o3)CC2)cc1. The van der Waals surface area contributed by atoms with Crippen molar-refractivity contribution < 1.29 is 8.81 Å². The molecule has 118 valence electrons. The van der Waals surface area contributed by atoms with Gasteiger partial charge in [-0.05, 0) is 36.4 Å². The van der Waals surface area contributed by atoms with Gasteiger partial charge in [0.25, 0.3) is 0 Å². The van der Waals surface area contributed by atoms with Crippen LogP contribution in [0.3, 0.4) is 0 Å². The summed E-state index contributed by atoms with van der Waals surface area (Å²) in [5.41, 5.74) is 2.04. The van der Waals surface area contributed by atoms with Crippen molar-refractivity contribution in [2.24, 2.45) is 0 Å². The van der Waals surface area contributed by atoms with Crippen LogP contribution in [0, 0.1) is 5.82 Å². The van der Waals surface area contributed by atoms with Gasteiger partial charge in [-0.25, -0.2) is 4.39 Å². The maximum absolute atomic E-state index is 13.0. The van der Waals surface area contributed by atoms with E-state index in [0.717, 1.165) is 55.1 Å². The van der Waals surface area contributed by atoms with Crippen molar-refractivity contribution >= 4 is 16.7 Å². The quantitative estimate of drug-likeness (QED) is 0.731. The molecule has 23 heavy (non-hydrogen) atoms. The van der Waals surface area contributed by atoms with Gasteiger partial charge in [0, 0.05) is 37.3 Å². The summed E-state index contributed by atoms with van der Waals surface area (Å²) in [4.78, 5) is 4.70. The Labute approximate surface area is 134 Å². The Morgan fingerprint density at radius 1 is 0.913 bits per heavy atom. The smallest absolute Gasteiger partial charge is 0.134 e. The van der Waals surface area contributed by atoms with E-state index in [0.29, 0.717) is 0 Å². The fourth-order valence-electron chi connectivity index (χ4n) is 3.15. The highest BCUT2D eigenvalue weighted by Gasteiger charge is 2.18. The normalized spacial score (nSPS) is 16.1. The Kier molecular flexibility index (Phi) is 3.75. The lowest BCUT2D eigenvalue weighted by atomic mass is 10.2. The van der Waals surface area contributed by atoms with Crippen LogP contribution in [0.1, 0.15) is 5.76 Å². The fraction of sp³-hybridized carbons (Fsp3) is 0.263. The van der Waals surface area contributed by atoms with Crippen LogP contribution in [0.15, 0.2) is 59.0 Å². The van der Waals surface area contributed by atoms with Gasteiger partial charge in [0.15, 0.2) is 0 Å². The lowest BCUT2D eigenvalue weighted by Crippen LogP contribution is -2.45. The first kappa shape index (κ1) is 14.3. The molecule has 2 aromatic carbocycles. The molecule has 0 unspecified atom stereocenters. The van der Waals surface area contributed by atoms with Crippen LogP contribution < -0.4 is 4.90 Å². The van der Waals surface area contributed by atoms with Crippen LogP contribution in [0.4, 0.5) is 10.1 Å². The third-order valence-corrected chi connectivity index (χ3v) is 4.42. The molecule has 3 nitrogen and oxygen atoms in total. The summed E-state index contributed by atoms with van der Waals surface area (Å²) in [6.45, 7) is 4.70. The number of nitrogens with zero attached hydrogens (tertiary/aromatic N) is 2. The molecular formula is C19H19FN2O. The lowest BCUT2D eigenvalue weighted by Gasteiger charge is -2.35. The largest absolute Gasteiger partial charge is 0.460 e. The van der Waals surface area contributed by atoms with Crippen molar-refractivity contribution in [2.45, 2.75) is 6.54 Å². The highest BCUT2D eigenvalue weighted by atomic mass is 19.1. The van der Waals surface area contributed by atoms with Gasteiger partial charge in [0.1, 0.15) is 17.2 Å². The van der Waals surface area contributed by atoms with Crippen LogP contribution >= 0.6 is 0 Å². The second-order valence-electron chi connectivity index (χ2n) is 5.99. The van der Waals surface area contributed by atoms with E-state index in [2.05, 4.69) is 21.9 Å². The number of furan rings is 1. The maximum Gasteiger partial charge on any atom is 0.134 e. The van der Waals surface area contributed by atoms with Gasteiger partial charge in [-0.3, -0.25) is 4.90 Å². The second-order valence-corrected chi connectivity index (χ2v) is 5.99. The Morgan fingerprint density at radius 3 is 2.39 bits per heavy atom. The molecule has 0 N–H and O–H groups in total. The molecular weight excluding hydrogens is 291 g/mol. The van der Waals surface area contributed by atoms with E-state index in [-0.39, 0.29) is 5.82 Å². The van der Waals surface area contributed by atoms with Crippen molar-refractivity contribution in [1.82, 2.24) is 4.90 Å². The summed E-state index contributed by atoms with van der Waals surface area (Å²) >= 11 is 0. The molecule has 1 saturated heterocycles. The average molecular weight is 310 g/mol. The van der Waals surface area contributed by atoms with Crippen molar-refractivity contribution in [3.05, 3.63) is 66.2 Å². The summed E-state index contributed by atoms with van der Waals surface area (Å²) in [6.07, 6.45) is 0. The van der Waals surface area contributed by atoms with Gasteiger partial charge < -0.3 is 9.32 Å². The third kappa shape index (κ3) is 3.08. The van der Waals surface area contributed by atoms with Gasteiger partial charge >= 0.3 is 0 Å². The Morgan fingerprint density at radius 2 is 1.65 bits per heavy atom. The molecule has 1 aliphatic rings. The Hall–Kier alpha value is -2.33. The van der Waals surface area contributed by atoms with Gasteiger partial charge in [-0.15, -0.1) is 0 Å². The monoisotopic (exact) mass is 310 g/mol. The van der Waals surface area contributed by atoms with Gasteiger partial charge in [-0.1, -0.05) is 18.2 Å². The van der Waals surface area contributed by atoms with Crippen molar-refractivity contribution in [2.75, 3.05) is 31.1 Å². The molecule has 0 saturated carbocycles. The van der Waals surface area contributed by atoms with Crippen LogP contribution in [0.2, 0.25) is 0 Å². The van der Waals surface area contributed by atoms with E-state index >= 15 is 0 Å². The van der Waals surface area contributed by atoms with Gasteiger partial charge in [0.2, 0.25) is 0 Å². The van der Waals surface area contributed by atoms with Gasteiger partial charge in [0.05, 0.1) is 6.54 Å². The highest BCUT2D eigenvalue weighted by Crippen LogP contribution is 2.22. The number of fused-ring (bicyclic) bond motifs is 1. The first-order valence-corrected chi connectivity index (χ1v) is 7.98. The number of hydrogen-bond donors (Lipinski definition) is 0. The summed E-state index contributed by atoms with van der Waals surface area (Å²) in [7, 11) is 0. The molecule has 0 spiro atoms.